The predicted octanol–water partition coefficient (Wildman–Crippen LogP) is 3.87. The van der Waals surface area contributed by atoms with Crippen LogP contribution in [0.5, 0.6) is 5.75 Å². The summed E-state index contributed by atoms with van der Waals surface area (Å²) in [5.41, 5.74) is 4.52. The monoisotopic (exact) mass is 358 g/mol. The number of carboxylic acids is 1. The molecule has 3 aromatic rings. The van der Waals surface area contributed by atoms with Crippen LogP contribution in [-0.2, 0) is 6.42 Å². The largest absolute Gasteiger partial charge is 0.545 e. The van der Waals surface area contributed by atoms with Crippen molar-refractivity contribution in [2.75, 3.05) is 6.61 Å². The first-order valence-electron chi connectivity index (χ1n) is 9.24. The van der Waals surface area contributed by atoms with Crippen LogP contribution < -0.4 is 9.84 Å². The molecule has 136 valence electrons. The molecule has 0 radical (unpaired) electrons. The van der Waals surface area contributed by atoms with Gasteiger partial charge in [-0.05, 0) is 55.5 Å². The molecule has 0 amide bonds. The molecule has 0 spiro atoms. The van der Waals surface area contributed by atoms with E-state index in [-0.39, 0.29) is 5.56 Å². The Kier molecular flexibility index (Phi) is 4.63. The number of ether oxygens (including phenoxy) is 1. The lowest BCUT2D eigenvalue weighted by atomic mass is 9.86. The molecule has 0 aliphatic heterocycles. The Hall–Kier alpha value is -3.14. The number of rotatable bonds is 4. The second kappa shape index (κ2) is 7.23. The number of hydrogen-bond acceptors (Lipinski definition) is 4. The number of aromatic carboxylic acids is 1. The van der Waals surface area contributed by atoms with Crippen LogP contribution in [0, 0.1) is 0 Å². The number of allylic oxidation sites excluding steroid dienone is 1. The molecule has 0 fully saturated rings. The van der Waals surface area contributed by atoms with E-state index in [0.717, 1.165) is 41.0 Å². The molecule has 0 atom stereocenters. The highest BCUT2D eigenvalue weighted by Gasteiger charge is 2.22. The zero-order valence-corrected chi connectivity index (χ0v) is 15.2. The van der Waals surface area contributed by atoms with Crippen LogP contribution in [0.3, 0.4) is 0 Å². The van der Waals surface area contributed by atoms with Gasteiger partial charge in [-0.15, -0.1) is 0 Å². The summed E-state index contributed by atoms with van der Waals surface area (Å²) in [6.07, 6.45) is 4.51. The average Bonchev–Trinajstić information content (AvgIpc) is 2.68. The number of fused-ring (bicyclic) bond motifs is 2. The summed E-state index contributed by atoms with van der Waals surface area (Å²) in [5, 5.41) is 12.6. The fraction of sp³-hybridized carbons (Fsp3) is 0.217. The summed E-state index contributed by atoms with van der Waals surface area (Å²) >= 11 is 0. The maximum atomic E-state index is 11.9. The minimum atomic E-state index is -1.14. The van der Waals surface area contributed by atoms with Crippen molar-refractivity contribution in [2.45, 2.75) is 26.2 Å². The van der Waals surface area contributed by atoms with E-state index in [4.69, 9.17) is 9.72 Å². The maximum absolute atomic E-state index is 11.9. The summed E-state index contributed by atoms with van der Waals surface area (Å²) in [4.78, 5) is 16.7. The van der Waals surface area contributed by atoms with Gasteiger partial charge in [0.1, 0.15) is 5.75 Å². The molecule has 1 heterocycles. The number of benzene rings is 2. The molecule has 2 aromatic carbocycles. The number of aromatic nitrogens is 1. The Balaban J connectivity index is 1.93. The molecule has 0 saturated carbocycles. The van der Waals surface area contributed by atoms with Gasteiger partial charge in [-0.3, -0.25) is 0 Å². The van der Waals surface area contributed by atoms with Crippen molar-refractivity contribution in [3.05, 3.63) is 70.9 Å². The van der Waals surface area contributed by atoms with E-state index in [2.05, 4.69) is 6.08 Å². The van der Waals surface area contributed by atoms with Gasteiger partial charge in [0, 0.05) is 16.5 Å². The van der Waals surface area contributed by atoms with Crippen molar-refractivity contribution in [1.29, 1.82) is 0 Å². The Morgan fingerprint density at radius 1 is 1.15 bits per heavy atom. The second-order valence-corrected chi connectivity index (χ2v) is 6.61. The number of carbonyl (C=O) groups excluding carboxylic acids is 1. The number of para-hydroxylation sites is 2. The molecule has 1 aromatic heterocycles. The van der Waals surface area contributed by atoms with Gasteiger partial charge in [0.15, 0.2) is 0 Å². The maximum Gasteiger partial charge on any atom is 0.126 e. The van der Waals surface area contributed by atoms with E-state index >= 15 is 0 Å². The minimum Gasteiger partial charge on any atom is -0.545 e. The highest BCUT2D eigenvalue weighted by Crippen LogP contribution is 2.36. The Labute approximate surface area is 158 Å². The Morgan fingerprint density at radius 2 is 1.93 bits per heavy atom. The molecular formula is C23H20NO3-. The highest BCUT2D eigenvalue weighted by atomic mass is 16.5. The molecule has 1 aliphatic rings. The van der Waals surface area contributed by atoms with Gasteiger partial charge in [0.25, 0.3) is 0 Å². The molecule has 0 unspecified atom stereocenters. The molecule has 0 saturated heterocycles. The number of nitrogens with zero attached hydrogens (tertiary/aromatic N) is 1. The van der Waals surface area contributed by atoms with Gasteiger partial charge in [0.2, 0.25) is 0 Å². The normalized spacial score (nSPS) is 14.9. The molecule has 4 rings (SSSR count). The lowest BCUT2D eigenvalue weighted by Gasteiger charge is -2.23. The van der Waals surface area contributed by atoms with Crippen molar-refractivity contribution in [1.82, 2.24) is 4.98 Å². The topological polar surface area (TPSA) is 62.2 Å². The summed E-state index contributed by atoms with van der Waals surface area (Å²) in [6.45, 7) is 2.55. The number of carbonyl (C=O) groups is 1. The predicted molar refractivity (Wildman–Crippen MR) is 104 cm³/mol. The van der Waals surface area contributed by atoms with E-state index in [1.807, 2.05) is 49.4 Å². The molecule has 4 nitrogen and oxygen atoms in total. The molecule has 0 bridgehead atoms. The first-order chi connectivity index (χ1) is 13.2. The van der Waals surface area contributed by atoms with Crippen molar-refractivity contribution in [2.24, 2.45) is 0 Å². The van der Waals surface area contributed by atoms with E-state index in [1.54, 1.807) is 6.07 Å². The van der Waals surface area contributed by atoms with Crippen molar-refractivity contribution >= 4 is 28.5 Å². The van der Waals surface area contributed by atoms with Crippen LogP contribution in [-0.4, -0.2) is 17.6 Å². The fourth-order valence-corrected chi connectivity index (χ4v) is 3.78. The standard InChI is InChI=1S/C23H21NO3/c1-2-27-20-13-6-3-8-15(20)14-16-9-7-11-18-21(23(25)26)17-10-4-5-12-19(17)24-22(16)18/h3-6,8,10,12-14H,2,7,9,11H2,1H3,(H,25,26)/p-1/b16-14+. The lowest BCUT2D eigenvalue weighted by molar-refractivity contribution is -0.254. The second-order valence-electron chi connectivity index (χ2n) is 6.61. The molecule has 0 N–H and O–H groups in total. The van der Waals surface area contributed by atoms with Gasteiger partial charge in [-0.25, -0.2) is 4.98 Å². The molecular weight excluding hydrogens is 338 g/mol. The van der Waals surface area contributed by atoms with Crippen molar-refractivity contribution in [3.63, 3.8) is 0 Å². The summed E-state index contributed by atoms with van der Waals surface area (Å²) in [6, 6.07) is 15.2. The summed E-state index contributed by atoms with van der Waals surface area (Å²) in [5.74, 6) is -0.318. The SMILES string of the molecule is CCOc1ccccc1/C=C1\CCCc2c1nc1ccccc1c2C(=O)[O-]. The minimum absolute atomic E-state index is 0.277. The third kappa shape index (κ3) is 3.19. The van der Waals surface area contributed by atoms with Crippen LogP contribution in [0.25, 0.3) is 22.6 Å². The summed E-state index contributed by atoms with van der Waals surface area (Å²) < 4.78 is 5.73. The van der Waals surface area contributed by atoms with Gasteiger partial charge in [-0.1, -0.05) is 36.4 Å². The summed E-state index contributed by atoms with van der Waals surface area (Å²) in [7, 11) is 0. The van der Waals surface area contributed by atoms with Crippen molar-refractivity contribution in [3.8, 4) is 5.75 Å². The molecule has 27 heavy (non-hydrogen) atoms. The fourth-order valence-electron chi connectivity index (χ4n) is 3.78. The number of carboxylic acid groups (broad SMARTS) is 1. The first kappa shape index (κ1) is 17.3. The lowest BCUT2D eigenvalue weighted by Crippen LogP contribution is -2.26. The number of hydrogen-bond donors (Lipinski definition) is 0. The first-order valence-corrected chi connectivity index (χ1v) is 9.24. The van der Waals surface area contributed by atoms with E-state index in [1.165, 1.54) is 0 Å². The van der Waals surface area contributed by atoms with Gasteiger partial charge in [-0.2, -0.15) is 0 Å². The third-order valence-corrected chi connectivity index (χ3v) is 4.92. The smallest absolute Gasteiger partial charge is 0.126 e. The quantitative estimate of drug-likeness (QED) is 0.710. The van der Waals surface area contributed by atoms with Gasteiger partial charge >= 0.3 is 0 Å². The van der Waals surface area contributed by atoms with Gasteiger partial charge < -0.3 is 14.6 Å². The van der Waals surface area contributed by atoms with Crippen molar-refractivity contribution < 1.29 is 14.6 Å². The zero-order chi connectivity index (χ0) is 18.8. The van der Waals surface area contributed by atoms with E-state index < -0.39 is 5.97 Å². The van der Waals surface area contributed by atoms with Crippen LogP contribution >= 0.6 is 0 Å². The molecule has 1 aliphatic carbocycles. The van der Waals surface area contributed by atoms with Crippen LogP contribution in [0.15, 0.2) is 48.5 Å². The van der Waals surface area contributed by atoms with E-state index in [9.17, 15) is 9.90 Å². The Morgan fingerprint density at radius 3 is 2.74 bits per heavy atom. The third-order valence-electron chi connectivity index (χ3n) is 4.92. The molecule has 4 heteroatoms. The zero-order valence-electron chi connectivity index (χ0n) is 15.2. The van der Waals surface area contributed by atoms with Crippen LogP contribution in [0.4, 0.5) is 0 Å². The average molecular weight is 358 g/mol. The Bertz CT molecular complexity index is 1050. The van der Waals surface area contributed by atoms with Crippen LogP contribution in [0.1, 0.15) is 46.9 Å². The van der Waals surface area contributed by atoms with Crippen LogP contribution in [0.2, 0.25) is 0 Å². The highest BCUT2D eigenvalue weighted by molar-refractivity contribution is 6.05. The van der Waals surface area contributed by atoms with Gasteiger partial charge in [0.05, 0.1) is 23.8 Å². The van der Waals surface area contributed by atoms with E-state index in [0.29, 0.717) is 23.9 Å². The number of pyridine rings is 1.